The third kappa shape index (κ3) is 4.19. The maximum absolute atomic E-state index is 5.96. The van der Waals surface area contributed by atoms with Gasteiger partial charge in [-0.2, -0.15) is 15.0 Å². The van der Waals surface area contributed by atoms with Gasteiger partial charge in [0, 0.05) is 16.0 Å². The number of nitrogens with zero attached hydrogens (tertiary/aromatic N) is 3. The summed E-state index contributed by atoms with van der Waals surface area (Å²) in [6, 6.07) is 5.39. The van der Waals surface area contributed by atoms with Crippen LogP contribution in [0.5, 0.6) is 0 Å². The number of halogens is 3. The standard InChI is InChI=1S/C12H12BrCl2N5/c1-2-5-16-11-18-10(15)19-12(20-11)17-9-6-7(14)3-4-8(9)13/h3-4,6H,2,5H2,1H3,(H2,16,17,18,19,20). The second kappa shape index (κ2) is 7.06. The highest BCUT2D eigenvalue weighted by molar-refractivity contribution is 9.10. The van der Waals surface area contributed by atoms with Gasteiger partial charge in [-0.1, -0.05) is 18.5 Å². The zero-order valence-electron chi connectivity index (χ0n) is 10.6. The molecular formula is C12H12BrCl2N5. The summed E-state index contributed by atoms with van der Waals surface area (Å²) in [7, 11) is 0. The van der Waals surface area contributed by atoms with Gasteiger partial charge in [0.15, 0.2) is 0 Å². The molecule has 0 radical (unpaired) electrons. The lowest BCUT2D eigenvalue weighted by molar-refractivity contribution is 0.940. The van der Waals surface area contributed by atoms with Gasteiger partial charge in [0.2, 0.25) is 17.2 Å². The molecule has 2 aromatic rings. The first kappa shape index (κ1) is 15.3. The number of aromatic nitrogens is 3. The Morgan fingerprint density at radius 1 is 1.15 bits per heavy atom. The van der Waals surface area contributed by atoms with Crippen LogP contribution in [0.15, 0.2) is 22.7 Å². The van der Waals surface area contributed by atoms with Gasteiger partial charge in [0.25, 0.3) is 0 Å². The fraction of sp³-hybridized carbons (Fsp3) is 0.250. The maximum atomic E-state index is 5.96. The molecule has 5 nitrogen and oxygen atoms in total. The van der Waals surface area contributed by atoms with E-state index in [9.17, 15) is 0 Å². The zero-order chi connectivity index (χ0) is 14.5. The summed E-state index contributed by atoms with van der Waals surface area (Å²) in [5, 5.41) is 6.85. The Bertz CT molecular complexity index is 608. The minimum absolute atomic E-state index is 0.124. The Balaban J connectivity index is 2.24. The molecule has 2 rings (SSSR count). The highest BCUT2D eigenvalue weighted by atomic mass is 79.9. The number of hydrogen-bond acceptors (Lipinski definition) is 5. The highest BCUT2D eigenvalue weighted by Crippen LogP contribution is 2.28. The first-order valence-corrected chi connectivity index (χ1v) is 7.51. The fourth-order valence-electron chi connectivity index (χ4n) is 1.44. The van der Waals surface area contributed by atoms with E-state index in [2.05, 4.69) is 48.4 Å². The maximum Gasteiger partial charge on any atom is 0.233 e. The fourth-order valence-corrected chi connectivity index (χ4v) is 2.11. The van der Waals surface area contributed by atoms with Crippen LogP contribution in [-0.2, 0) is 0 Å². The Morgan fingerprint density at radius 2 is 1.90 bits per heavy atom. The van der Waals surface area contributed by atoms with E-state index < -0.39 is 0 Å². The molecule has 2 N–H and O–H groups in total. The summed E-state index contributed by atoms with van der Waals surface area (Å²) >= 11 is 15.3. The van der Waals surface area contributed by atoms with Gasteiger partial charge in [0.1, 0.15) is 0 Å². The summed E-state index contributed by atoms with van der Waals surface area (Å²) in [5.41, 5.74) is 0.751. The van der Waals surface area contributed by atoms with Crippen LogP contribution in [0.1, 0.15) is 13.3 Å². The molecule has 0 aliphatic rings. The first-order chi connectivity index (χ1) is 9.58. The van der Waals surface area contributed by atoms with E-state index in [0.717, 1.165) is 23.1 Å². The van der Waals surface area contributed by atoms with Crippen LogP contribution < -0.4 is 10.6 Å². The van der Waals surface area contributed by atoms with Crippen molar-refractivity contribution >= 4 is 56.7 Å². The first-order valence-electron chi connectivity index (χ1n) is 5.96. The SMILES string of the molecule is CCCNc1nc(Cl)nc(Nc2cc(Cl)ccc2Br)n1. The Labute approximate surface area is 135 Å². The van der Waals surface area contributed by atoms with Gasteiger partial charge in [-0.25, -0.2) is 0 Å². The molecule has 0 aliphatic carbocycles. The van der Waals surface area contributed by atoms with Crippen molar-refractivity contribution in [2.24, 2.45) is 0 Å². The second-order valence-electron chi connectivity index (χ2n) is 3.93. The largest absolute Gasteiger partial charge is 0.354 e. The molecule has 0 aliphatic heterocycles. The van der Waals surface area contributed by atoms with E-state index in [4.69, 9.17) is 23.2 Å². The Hall–Kier alpha value is -1.11. The molecule has 0 unspecified atom stereocenters. The van der Waals surface area contributed by atoms with Gasteiger partial charge in [-0.05, 0) is 52.2 Å². The van der Waals surface area contributed by atoms with Crippen LogP contribution >= 0.6 is 39.1 Å². The summed E-state index contributed by atoms with van der Waals surface area (Å²) in [5.74, 6) is 0.791. The van der Waals surface area contributed by atoms with Crippen molar-refractivity contribution < 1.29 is 0 Å². The molecule has 1 aromatic heterocycles. The third-order valence-electron chi connectivity index (χ3n) is 2.32. The van der Waals surface area contributed by atoms with Crippen molar-refractivity contribution in [1.82, 2.24) is 15.0 Å². The van der Waals surface area contributed by atoms with Crippen molar-refractivity contribution in [3.63, 3.8) is 0 Å². The van der Waals surface area contributed by atoms with Gasteiger partial charge < -0.3 is 10.6 Å². The monoisotopic (exact) mass is 375 g/mol. The molecule has 0 bridgehead atoms. The molecule has 1 heterocycles. The van der Waals surface area contributed by atoms with Crippen LogP contribution in [0.3, 0.4) is 0 Å². The second-order valence-corrected chi connectivity index (χ2v) is 5.56. The molecule has 8 heteroatoms. The number of anilines is 3. The molecule has 1 aromatic carbocycles. The number of benzene rings is 1. The van der Waals surface area contributed by atoms with E-state index in [0.29, 0.717) is 16.9 Å². The van der Waals surface area contributed by atoms with E-state index in [-0.39, 0.29) is 5.28 Å². The average Bonchev–Trinajstić information content (AvgIpc) is 2.40. The van der Waals surface area contributed by atoms with Crippen molar-refractivity contribution in [2.45, 2.75) is 13.3 Å². The van der Waals surface area contributed by atoms with Crippen molar-refractivity contribution in [1.29, 1.82) is 0 Å². The van der Waals surface area contributed by atoms with Crippen molar-refractivity contribution in [3.8, 4) is 0 Å². The molecule has 20 heavy (non-hydrogen) atoms. The average molecular weight is 377 g/mol. The quantitative estimate of drug-likeness (QED) is 0.803. The lowest BCUT2D eigenvalue weighted by atomic mass is 10.3. The minimum atomic E-state index is 0.124. The van der Waals surface area contributed by atoms with E-state index in [1.807, 2.05) is 6.07 Å². The van der Waals surface area contributed by atoms with Crippen LogP contribution in [0.2, 0.25) is 10.3 Å². The topological polar surface area (TPSA) is 62.7 Å². The van der Waals surface area contributed by atoms with E-state index in [1.165, 1.54) is 0 Å². The summed E-state index contributed by atoms with van der Waals surface area (Å²) in [6.07, 6.45) is 0.964. The molecule has 106 valence electrons. The molecule has 0 saturated heterocycles. The molecular weight excluding hydrogens is 365 g/mol. The molecule has 0 fully saturated rings. The molecule has 0 atom stereocenters. The molecule has 0 saturated carbocycles. The van der Waals surface area contributed by atoms with Gasteiger partial charge >= 0.3 is 0 Å². The lowest BCUT2D eigenvalue weighted by Crippen LogP contribution is -2.08. The predicted molar refractivity (Wildman–Crippen MR) is 86.1 cm³/mol. The van der Waals surface area contributed by atoms with E-state index >= 15 is 0 Å². The normalized spacial score (nSPS) is 10.4. The number of hydrogen-bond donors (Lipinski definition) is 2. The summed E-state index contributed by atoms with van der Waals surface area (Å²) < 4.78 is 0.849. The molecule has 0 amide bonds. The lowest BCUT2D eigenvalue weighted by Gasteiger charge is -2.09. The van der Waals surface area contributed by atoms with Crippen LogP contribution in [0, 0.1) is 0 Å². The third-order valence-corrected chi connectivity index (χ3v) is 3.41. The van der Waals surface area contributed by atoms with E-state index in [1.54, 1.807) is 12.1 Å². The smallest absolute Gasteiger partial charge is 0.233 e. The van der Waals surface area contributed by atoms with Gasteiger partial charge in [0.05, 0.1) is 5.69 Å². The van der Waals surface area contributed by atoms with Gasteiger partial charge in [-0.15, -0.1) is 0 Å². The van der Waals surface area contributed by atoms with Crippen molar-refractivity contribution in [2.75, 3.05) is 17.2 Å². The summed E-state index contributed by atoms with van der Waals surface area (Å²) in [6.45, 7) is 2.82. The predicted octanol–water partition coefficient (Wildman–Crippen LogP) is 4.51. The number of nitrogens with one attached hydrogen (secondary N) is 2. The Kier molecular flexibility index (Phi) is 5.39. The minimum Gasteiger partial charge on any atom is -0.354 e. The van der Waals surface area contributed by atoms with Crippen LogP contribution in [0.4, 0.5) is 17.6 Å². The highest BCUT2D eigenvalue weighted by Gasteiger charge is 2.07. The zero-order valence-corrected chi connectivity index (χ0v) is 13.7. The summed E-state index contributed by atoms with van der Waals surface area (Å²) in [4.78, 5) is 12.3. The Morgan fingerprint density at radius 3 is 2.65 bits per heavy atom. The van der Waals surface area contributed by atoms with Crippen molar-refractivity contribution in [3.05, 3.63) is 33.0 Å². The van der Waals surface area contributed by atoms with Crippen LogP contribution in [0.25, 0.3) is 0 Å². The van der Waals surface area contributed by atoms with Gasteiger partial charge in [-0.3, -0.25) is 0 Å². The van der Waals surface area contributed by atoms with Crippen LogP contribution in [-0.4, -0.2) is 21.5 Å². The molecule has 0 spiro atoms. The number of rotatable bonds is 5.